The van der Waals surface area contributed by atoms with Crippen LogP contribution in [0.3, 0.4) is 0 Å². The van der Waals surface area contributed by atoms with Gasteiger partial charge in [-0.1, -0.05) is 84.9 Å². The Bertz CT molecular complexity index is 1210. The maximum atomic E-state index is 12.4. The molecule has 4 aromatic carbocycles. The van der Waals surface area contributed by atoms with Gasteiger partial charge >= 0.3 is 0 Å². The summed E-state index contributed by atoms with van der Waals surface area (Å²) in [5.74, 6) is 0.354. The van der Waals surface area contributed by atoms with Crippen molar-refractivity contribution in [1.29, 1.82) is 0 Å². The van der Waals surface area contributed by atoms with Gasteiger partial charge in [-0.05, 0) is 53.4 Å². The zero-order chi connectivity index (χ0) is 21.6. The van der Waals surface area contributed by atoms with E-state index < -0.39 is 6.10 Å². The Labute approximate surface area is 182 Å². The molecule has 0 aromatic heterocycles. The van der Waals surface area contributed by atoms with E-state index in [1.807, 2.05) is 79.7 Å². The van der Waals surface area contributed by atoms with E-state index in [4.69, 9.17) is 4.74 Å². The van der Waals surface area contributed by atoms with Crippen LogP contribution in [0.25, 0.3) is 21.9 Å². The fourth-order valence-corrected chi connectivity index (χ4v) is 3.33. The number of carbonyl (C=O) groups excluding carboxylic acids is 1. The minimum atomic E-state index is -0.668. The molecule has 0 spiro atoms. The van der Waals surface area contributed by atoms with Crippen molar-refractivity contribution in [2.24, 2.45) is 5.10 Å². The first-order chi connectivity index (χ1) is 15.1. The fraction of sp³-hybridized carbons (Fsp3) is 0.111. The molecular formula is C27H24N2O2. The quantitative estimate of drug-likeness (QED) is 0.323. The lowest BCUT2D eigenvalue weighted by Crippen LogP contribution is -2.33. The van der Waals surface area contributed by atoms with Crippen LogP contribution in [0.4, 0.5) is 0 Å². The Balaban J connectivity index is 1.38. The van der Waals surface area contributed by atoms with E-state index in [0.29, 0.717) is 5.75 Å². The van der Waals surface area contributed by atoms with Gasteiger partial charge in [-0.25, -0.2) is 5.43 Å². The second-order valence-electron chi connectivity index (χ2n) is 7.39. The number of benzene rings is 4. The lowest BCUT2D eigenvalue weighted by Gasteiger charge is -2.14. The number of fused-ring (bicyclic) bond motifs is 1. The van der Waals surface area contributed by atoms with E-state index in [0.717, 1.165) is 33.2 Å². The maximum absolute atomic E-state index is 12.4. The van der Waals surface area contributed by atoms with Gasteiger partial charge in [0.25, 0.3) is 5.91 Å². The molecule has 31 heavy (non-hydrogen) atoms. The first-order valence-corrected chi connectivity index (χ1v) is 10.3. The summed E-state index contributed by atoms with van der Waals surface area (Å²) in [7, 11) is 0. The van der Waals surface area contributed by atoms with Crippen LogP contribution in [0.15, 0.2) is 102 Å². The monoisotopic (exact) mass is 408 g/mol. The molecule has 154 valence electrons. The summed E-state index contributed by atoms with van der Waals surface area (Å²) in [4.78, 5) is 12.4. The van der Waals surface area contributed by atoms with Gasteiger partial charge in [0.15, 0.2) is 6.10 Å². The summed E-state index contributed by atoms with van der Waals surface area (Å²) in [5, 5.41) is 6.45. The normalized spacial score (nSPS) is 12.4. The van der Waals surface area contributed by atoms with Gasteiger partial charge < -0.3 is 4.74 Å². The third-order valence-electron chi connectivity index (χ3n) is 5.15. The number of hydrazone groups is 1. The van der Waals surface area contributed by atoms with Crippen LogP contribution in [-0.4, -0.2) is 17.7 Å². The summed E-state index contributed by atoms with van der Waals surface area (Å²) < 4.78 is 5.81. The van der Waals surface area contributed by atoms with Crippen molar-refractivity contribution in [3.63, 3.8) is 0 Å². The smallest absolute Gasteiger partial charge is 0.280 e. The van der Waals surface area contributed by atoms with E-state index in [-0.39, 0.29) is 5.91 Å². The average Bonchev–Trinajstić information content (AvgIpc) is 2.83. The molecule has 1 unspecified atom stereocenters. The van der Waals surface area contributed by atoms with Crippen molar-refractivity contribution in [1.82, 2.24) is 5.43 Å². The van der Waals surface area contributed by atoms with Gasteiger partial charge in [0.05, 0.1) is 5.71 Å². The molecule has 0 bridgehead atoms. The summed E-state index contributed by atoms with van der Waals surface area (Å²) in [6.45, 7) is 3.58. The number of amides is 1. The number of nitrogens with zero attached hydrogens (tertiary/aromatic N) is 1. The number of nitrogens with one attached hydrogen (secondary N) is 1. The standard InChI is InChI=1S/C27H24N2O2/c1-19(21-12-14-24(15-13-21)22-8-4-3-5-9-22)28-29-27(30)20(2)31-26-17-16-23-10-6-7-11-25(23)18-26/h3-18,20H,1-2H3,(H,29,30)/b28-19+. The highest BCUT2D eigenvalue weighted by Crippen LogP contribution is 2.22. The fourth-order valence-electron chi connectivity index (χ4n) is 3.33. The lowest BCUT2D eigenvalue weighted by molar-refractivity contribution is -0.127. The summed E-state index contributed by atoms with van der Waals surface area (Å²) >= 11 is 0. The van der Waals surface area contributed by atoms with E-state index in [9.17, 15) is 4.79 Å². The van der Waals surface area contributed by atoms with Crippen molar-refractivity contribution in [3.05, 3.63) is 103 Å². The topological polar surface area (TPSA) is 50.7 Å². The van der Waals surface area contributed by atoms with Crippen LogP contribution in [-0.2, 0) is 4.79 Å². The molecule has 1 atom stereocenters. The highest BCUT2D eigenvalue weighted by atomic mass is 16.5. The van der Waals surface area contributed by atoms with E-state index >= 15 is 0 Å². The van der Waals surface area contributed by atoms with E-state index in [2.05, 4.69) is 34.8 Å². The van der Waals surface area contributed by atoms with Crippen LogP contribution >= 0.6 is 0 Å². The van der Waals surface area contributed by atoms with Crippen molar-refractivity contribution in [2.75, 3.05) is 0 Å². The van der Waals surface area contributed by atoms with Crippen LogP contribution in [0.1, 0.15) is 19.4 Å². The average molecular weight is 409 g/mol. The Morgan fingerprint density at radius 2 is 1.45 bits per heavy atom. The number of hydrogen-bond donors (Lipinski definition) is 1. The molecular weight excluding hydrogens is 384 g/mol. The third-order valence-corrected chi connectivity index (χ3v) is 5.15. The summed E-state index contributed by atoms with van der Waals surface area (Å²) in [6.07, 6.45) is -0.668. The maximum Gasteiger partial charge on any atom is 0.280 e. The molecule has 0 fully saturated rings. The molecule has 1 amide bonds. The van der Waals surface area contributed by atoms with Crippen molar-refractivity contribution in [2.45, 2.75) is 20.0 Å². The zero-order valence-corrected chi connectivity index (χ0v) is 17.6. The Hall–Kier alpha value is -3.92. The van der Waals surface area contributed by atoms with Gasteiger partial charge in [0.2, 0.25) is 0 Å². The van der Waals surface area contributed by atoms with Crippen molar-refractivity contribution < 1.29 is 9.53 Å². The van der Waals surface area contributed by atoms with Gasteiger partial charge in [-0.2, -0.15) is 5.10 Å². The molecule has 0 aliphatic carbocycles. The highest BCUT2D eigenvalue weighted by Gasteiger charge is 2.14. The van der Waals surface area contributed by atoms with Crippen LogP contribution in [0.2, 0.25) is 0 Å². The predicted octanol–water partition coefficient (Wildman–Crippen LogP) is 5.81. The molecule has 1 N–H and O–H groups in total. The van der Waals surface area contributed by atoms with E-state index in [1.165, 1.54) is 0 Å². The molecule has 0 saturated heterocycles. The third kappa shape index (κ3) is 4.98. The molecule has 4 nitrogen and oxygen atoms in total. The molecule has 0 radical (unpaired) electrons. The Kier molecular flexibility index (Phi) is 6.08. The molecule has 4 aromatic rings. The predicted molar refractivity (Wildman–Crippen MR) is 126 cm³/mol. The highest BCUT2D eigenvalue weighted by molar-refractivity contribution is 5.99. The Morgan fingerprint density at radius 1 is 0.806 bits per heavy atom. The number of ether oxygens (including phenoxy) is 1. The number of carbonyl (C=O) groups is 1. The second-order valence-corrected chi connectivity index (χ2v) is 7.39. The molecule has 0 aliphatic heterocycles. The summed E-state index contributed by atoms with van der Waals surface area (Å²) in [6, 6.07) is 32.1. The van der Waals surface area contributed by atoms with Gasteiger partial charge in [-0.15, -0.1) is 0 Å². The van der Waals surface area contributed by atoms with Crippen LogP contribution < -0.4 is 10.2 Å². The minimum Gasteiger partial charge on any atom is -0.481 e. The number of rotatable bonds is 6. The summed E-state index contributed by atoms with van der Waals surface area (Å²) in [5.41, 5.74) is 6.58. The zero-order valence-electron chi connectivity index (χ0n) is 17.6. The largest absolute Gasteiger partial charge is 0.481 e. The SMILES string of the molecule is C/C(=N\NC(=O)C(C)Oc1ccc2ccccc2c1)c1ccc(-c2ccccc2)cc1. The second kappa shape index (κ2) is 9.26. The molecule has 4 heteroatoms. The van der Waals surface area contributed by atoms with Gasteiger partial charge in [0, 0.05) is 0 Å². The lowest BCUT2D eigenvalue weighted by atomic mass is 10.0. The van der Waals surface area contributed by atoms with Crippen LogP contribution in [0, 0.1) is 0 Å². The first-order valence-electron chi connectivity index (χ1n) is 10.3. The Morgan fingerprint density at radius 3 is 2.19 bits per heavy atom. The molecule has 4 rings (SSSR count). The molecule has 0 heterocycles. The van der Waals surface area contributed by atoms with Crippen molar-refractivity contribution >= 4 is 22.4 Å². The van der Waals surface area contributed by atoms with E-state index in [1.54, 1.807) is 6.92 Å². The molecule has 0 saturated carbocycles. The van der Waals surface area contributed by atoms with Gasteiger partial charge in [-0.3, -0.25) is 4.79 Å². The number of hydrogen-bond acceptors (Lipinski definition) is 3. The van der Waals surface area contributed by atoms with Crippen molar-refractivity contribution in [3.8, 4) is 16.9 Å². The first kappa shape index (κ1) is 20.4. The van der Waals surface area contributed by atoms with Crippen LogP contribution in [0.5, 0.6) is 5.75 Å². The molecule has 0 aliphatic rings. The van der Waals surface area contributed by atoms with Gasteiger partial charge in [0.1, 0.15) is 5.75 Å². The minimum absolute atomic E-state index is 0.298.